The van der Waals surface area contributed by atoms with Gasteiger partial charge in [-0.2, -0.15) is 0 Å². The maximum Gasteiger partial charge on any atom is 0.341 e. The molecule has 0 bridgehead atoms. The topological polar surface area (TPSA) is 67.4 Å². The van der Waals surface area contributed by atoms with Gasteiger partial charge in [-0.25, -0.2) is 4.79 Å². The van der Waals surface area contributed by atoms with Gasteiger partial charge in [0.15, 0.2) is 0 Å². The van der Waals surface area contributed by atoms with E-state index >= 15 is 0 Å². The first-order chi connectivity index (χ1) is 12.9. The van der Waals surface area contributed by atoms with Crippen molar-refractivity contribution in [2.45, 2.75) is 52.1 Å². The van der Waals surface area contributed by atoms with E-state index in [0.717, 1.165) is 21.8 Å². The summed E-state index contributed by atoms with van der Waals surface area (Å²) in [6, 6.07) is 1.52. The molecule has 0 atom stereocenters. The summed E-state index contributed by atoms with van der Waals surface area (Å²) in [7, 11) is 0. The number of carbonyl (C=O) groups excluding carboxylic acids is 2. The van der Waals surface area contributed by atoms with Gasteiger partial charge in [-0.1, -0.05) is 23.2 Å². The van der Waals surface area contributed by atoms with Crippen molar-refractivity contribution in [2.24, 2.45) is 0 Å². The predicted molar refractivity (Wildman–Crippen MR) is 117 cm³/mol. The maximum absolute atomic E-state index is 12.8. The van der Waals surface area contributed by atoms with Crippen molar-refractivity contribution in [1.29, 1.82) is 0 Å². The molecule has 2 N–H and O–H groups in total. The Balaban J connectivity index is 2.08. The lowest BCUT2D eigenvalue weighted by atomic mass is 9.81. The van der Waals surface area contributed by atoms with Crippen LogP contribution in [0.15, 0.2) is 6.07 Å². The highest BCUT2D eigenvalue weighted by Gasteiger charge is 2.42. The molecule has 0 radical (unpaired) electrons. The van der Waals surface area contributed by atoms with Crippen LogP contribution in [0.3, 0.4) is 0 Å². The molecule has 9 heteroatoms. The Morgan fingerprint density at radius 2 is 1.93 bits per heavy atom. The largest absolute Gasteiger partial charge is 0.462 e. The number of esters is 1. The molecule has 0 aliphatic carbocycles. The van der Waals surface area contributed by atoms with Crippen LogP contribution < -0.4 is 10.6 Å². The smallest absolute Gasteiger partial charge is 0.341 e. The van der Waals surface area contributed by atoms with Crippen LogP contribution in [0.1, 0.15) is 65.8 Å². The Bertz CT molecular complexity index is 947. The van der Waals surface area contributed by atoms with Crippen molar-refractivity contribution in [3.63, 3.8) is 0 Å². The Morgan fingerprint density at radius 3 is 2.50 bits per heavy atom. The third kappa shape index (κ3) is 4.09. The maximum atomic E-state index is 12.8. The first-order valence-corrected chi connectivity index (χ1v) is 11.2. The highest BCUT2D eigenvalue weighted by Crippen LogP contribution is 2.45. The zero-order valence-electron chi connectivity index (χ0n) is 16.3. The van der Waals surface area contributed by atoms with Crippen LogP contribution in [0.5, 0.6) is 0 Å². The molecule has 3 rings (SSSR count). The van der Waals surface area contributed by atoms with Crippen molar-refractivity contribution in [2.75, 3.05) is 11.9 Å². The van der Waals surface area contributed by atoms with Crippen LogP contribution >= 0.6 is 45.9 Å². The molecule has 0 saturated heterocycles. The second-order valence-electron chi connectivity index (χ2n) is 7.84. The lowest BCUT2D eigenvalue weighted by Gasteiger charge is -2.42. The molecule has 28 heavy (non-hydrogen) atoms. The fraction of sp³-hybridized carbons (Fsp3) is 0.474. The number of hydrogen-bond donors (Lipinski definition) is 2. The van der Waals surface area contributed by atoms with E-state index in [-0.39, 0.29) is 23.2 Å². The van der Waals surface area contributed by atoms with Gasteiger partial charge in [0.25, 0.3) is 5.91 Å². The van der Waals surface area contributed by atoms with Gasteiger partial charge < -0.3 is 15.4 Å². The molecule has 1 aliphatic heterocycles. The van der Waals surface area contributed by atoms with Gasteiger partial charge in [-0.05, 0) is 52.7 Å². The highest BCUT2D eigenvalue weighted by atomic mass is 35.5. The highest BCUT2D eigenvalue weighted by molar-refractivity contribution is 7.20. The minimum Gasteiger partial charge on any atom is -0.462 e. The third-order valence-electron chi connectivity index (χ3n) is 4.45. The van der Waals surface area contributed by atoms with E-state index in [1.54, 1.807) is 6.92 Å². The number of ether oxygens (including phenoxy) is 1. The number of rotatable bonds is 4. The van der Waals surface area contributed by atoms with Gasteiger partial charge >= 0.3 is 5.97 Å². The predicted octanol–water partition coefficient (Wildman–Crippen LogP) is 5.70. The summed E-state index contributed by atoms with van der Waals surface area (Å²) in [6.45, 7) is 10.3. The number of halogens is 2. The van der Waals surface area contributed by atoms with Gasteiger partial charge in [0.1, 0.15) is 9.34 Å². The van der Waals surface area contributed by atoms with Crippen LogP contribution in [-0.4, -0.2) is 24.0 Å². The average molecular weight is 461 g/mol. The van der Waals surface area contributed by atoms with Crippen molar-refractivity contribution in [3.8, 4) is 0 Å². The van der Waals surface area contributed by atoms with Crippen molar-refractivity contribution in [3.05, 3.63) is 36.3 Å². The standard InChI is InChI=1S/C19H22Cl2N2O3S2/c1-6-26-17(25)12-10-8-18(2,3)23-19(4,5)13(10)28-16(12)22-15(24)9-7-11(20)27-14(9)21/h7,23H,6,8H2,1-5H3,(H,22,24). The minimum atomic E-state index is -0.432. The monoisotopic (exact) mass is 460 g/mol. The summed E-state index contributed by atoms with van der Waals surface area (Å²) in [4.78, 5) is 26.6. The molecule has 0 spiro atoms. The first-order valence-electron chi connectivity index (χ1n) is 8.84. The van der Waals surface area contributed by atoms with E-state index < -0.39 is 11.9 Å². The van der Waals surface area contributed by atoms with E-state index in [1.807, 2.05) is 0 Å². The van der Waals surface area contributed by atoms with Gasteiger partial charge in [0.05, 0.1) is 22.1 Å². The van der Waals surface area contributed by atoms with E-state index in [2.05, 4.69) is 38.3 Å². The lowest BCUT2D eigenvalue weighted by Crippen LogP contribution is -2.55. The molecule has 2 aromatic heterocycles. The SMILES string of the molecule is CCOC(=O)c1c(NC(=O)c2cc(Cl)sc2Cl)sc2c1CC(C)(C)NC2(C)C. The molecule has 3 heterocycles. The van der Waals surface area contributed by atoms with Crippen molar-refractivity contribution in [1.82, 2.24) is 5.32 Å². The molecule has 0 fully saturated rings. The molecule has 152 valence electrons. The van der Waals surface area contributed by atoms with Crippen molar-refractivity contribution < 1.29 is 14.3 Å². The number of anilines is 1. The summed E-state index contributed by atoms with van der Waals surface area (Å²) >= 11 is 14.6. The molecular weight excluding hydrogens is 439 g/mol. The molecule has 2 aromatic rings. The zero-order chi connectivity index (χ0) is 20.9. The van der Waals surface area contributed by atoms with Gasteiger partial charge in [-0.3, -0.25) is 4.79 Å². The molecule has 0 aromatic carbocycles. The quantitative estimate of drug-likeness (QED) is 0.573. The number of carbonyl (C=O) groups is 2. The molecule has 5 nitrogen and oxygen atoms in total. The van der Waals surface area contributed by atoms with Crippen molar-refractivity contribution >= 4 is 62.8 Å². The van der Waals surface area contributed by atoms with E-state index in [9.17, 15) is 9.59 Å². The van der Waals surface area contributed by atoms with Gasteiger partial charge in [0.2, 0.25) is 0 Å². The van der Waals surface area contributed by atoms with Crippen LogP contribution in [-0.2, 0) is 16.7 Å². The van der Waals surface area contributed by atoms with Gasteiger partial charge in [-0.15, -0.1) is 22.7 Å². The van der Waals surface area contributed by atoms with Crippen LogP contribution in [0.25, 0.3) is 0 Å². The summed E-state index contributed by atoms with van der Waals surface area (Å²) in [5.41, 5.74) is 1.08. The number of nitrogens with one attached hydrogen (secondary N) is 2. The van der Waals surface area contributed by atoms with Crippen LogP contribution in [0, 0.1) is 0 Å². The van der Waals surface area contributed by atoms with E-state index in [4.69, 9.17) is 27.9 Å². The Kier molecular flexibility index (Phi) is 5.87. The summed E-state index contributed by atoms with van der Waals surface area (Å²) in [5.74, 6) is -0.833. The molecule has 1 aliphatic rings. The van der Waals surface area contributed by atoms with Gasteiger partial charge in [0, 0.05) is 16.0 Å². The Morgan fingerprint density at radius 1 is 1.25 bits per heavy atom. The summed E-state index contributed by atoms with van der Waals surface area (Å²) < 4.78 is 6.03. The zero-order valence-corrected chi connectivity index (χ0v) is 19.4. The lowest BCUT2D eigenvalue weighted by molar-refractivity contribution is 0.0526. The van der Waals surface area contributed by atoms with Crippen LogP contribution in [0.4, 0.5) is 5.00 Å². The fourth-order valence-electron chi connectivity index (χ4n) is 3.70. The summed E-state index contributed by atoms with van der Waals surface area (Å²) in [5, 5.41) is 6.93. The molecule has 1 amide bonds. The number of thiophene rings is 2. The number of fused-ring (bicyclic) bond motifs is 1. The Hall–Kier alpha value is -1.12. The fourth-order valence-corrected chi connectivity index (χ4v) is 6.42. The minimum absolute atomic E-state index is 0.204. The van der Waals surface area contributed by atoms with E-state index in [0.29, 0.717) is 25.7 Å². The summed E-state index contributed by atoms with van der Waals surface area (Å²) in [6.07, 6.45) is 0.650. The molecular formula is C19H22Cl2N2O3S2. The first kappa shape index (κ1) is 21.6. The Labute approximate surface area is 182 Å². The average Bonchev–Trinajstić information content (AvgIpc) is 3.05. The number of hydrogen-bond acceptors (Lipinski definition) is 6. The third-order valence-corrected chi connectivity index (χ3v) is 7.41. The molecule has 0 saturated carbocycles. The van der Waals surface area contributed by atoms with E-state index in [1.165, 1.54) is 17.4 Å². The van der Waals surface area contributed by atoms with Crippen LogP contribution in [0.2, 0.25) is 8.67 Å². The second-order valence-corrected chi connectivity index (χ2v) is 11.1. The molecule has 0 unspecified atom stereocenters. The normalized spacial score (nSPS) is 17.1. The second kappa shape index (κ2) is 7.61. The number of amides is 1.